The second-order valence-electron chi connectivity index (χ2n) is 4.89. The molecule has 118 valence electrons. The van der Waals surface area contributed by atoms with Crippen molar-refractivity contribution in [2.24, 2.45) is 0 Å². The Hall–Kier alpha value is -2.18. The van der Waals surface area contributed by atoms with E-state index in [1.807, 2.05) is 30.5 Å². The number of methoxy groups -OCH3 is 1. The number of aryl methyl sites for hydroxylation is 1. The van der Waals surface area contributed by atoms with Crippen LogP contribution in [0.3, 0.4) is 0 Å². The lowest BCUT2D eigenvalue weighted by molar-refractivity contribution is 0.0948. The summed E-state index contributed by atoms with van der Waals surface area (Å²) >= 11 is 3.29. The molecule has 0 bridgehead atoms. The minimum absolute atomic E-state index is 0.145. The molecule has 0 spiro atoms. The van der Waals surface area contributed by atoms with Gasteiger partial charge in [0.15, 0.2) is 0 Å². The van der Waals surface area contributed by atoms with Gasteiger partial charge in [-0.15, -0.1) is 22.7 Å². The maximum atomic E-state index is 12.3. The van der Waals surface area contributed by atoms with Crippen molar-refractivity contribution in [3.8, 4) is 15.6 Å². The molecular weight excluding hydrogens is 328 g/mol. The van der Waals surface area contributed by atoms with E-state index in [0.29, 0.717) is 17.9 Å². The van der Waals surface area contributed by atoms with Crippen LogP contribution in [0.25, 0.3) is 9.88 Å². The molecule has 1 N–H and O–H groups in total. The van der Waals surface area contributed by atoms with E-state index in [-0.39, 0.29) is 5.91 Å². The SMILES string of the molecule is COc1ccccc1C(=O)NCc1sc(-c2cccs2)nc1C. The Kier molecular flexibility index (Phi) is 4.73. The van der Waals surface area contributed by atoms with Gasteiger partial charge >= 0.3 is 0 Å². The lowest BCUT2D eigenvalue weighted by Gasteiger charge is -2.08. The Morgan fingerprint density at radius 2 is 2.09 bits per heavy atom. The van der Waals surface area contributed by atoms with E-state index in [9.17, 15) is 4.79 Å². The zero-order valence-corrected chi connectivity index (χ0v) is 14.5. The molecule has 0 atom stereocenters. The van der Waals surface area contributed by atoms with Crippen LogP contribution in [0.1, 0.15) is 20.9 Å². The number of aromatic nitrogens is 1. The fourth-order valence-corrected chi connectivity index (χ4v) is 3.98. The van der Waals surface area contributed by atoms with Crippen LogP contribution < -0.4 is 10.1 Å². The maximum absolute atomic E-state index is 12.3. The molecule has 0 fully saturated rings. The van der Waals surface area contributed by atoms with Crippen LogP contribution in [-0.4, -0.2) is 18.0 Å². The molecule has 2 heterocycles. The molecule has 0 unspecified atom stereocenters. The first-order valence-corrected chi connectivity index (χ1v) is 8.80. The standard InChI is InChI=1S/C17H16N2O2S2/c1-11-15(23-17(19-11)14-8-5-9-22-14)10-18-16(20)12-6-3-4-7-13(12)21-2/h3-9H,10H2,1-2H3,(H,18,20). The Balaban J connectivity index is 1.72. The predicted octanol–water partition coefficient (Wildman–Crippen LogP) is 4.12. The minimum Gasteiger partial charge on any atom is -0.496 e. The highest BCUT2D eigenvalue weighted by atomic mass is 32.1. The van der Waals surface area contributed by atoms with Gasteiger partial charge in [0.25, 0.3) is 5.91 Å². The van der Waals surface area contributed by atoms with Gasteiger partial charge in [-0.3, -0.25) is 4.79 Å². The highest BCUT2D eigenvalue weighted by Gasteiger charge is 2.14. The van der Waals surface area contributed by atoms with Crippen molar-refractivity contribution >= 4 is 28.6 Å². The molecule has 1 amide bonds. The Bertz CT molecular complexity index is 810. The van der Waals surface area contributed by atoms with Crippen molar-refractivity contribution in [3.05, 3.63) is 57.9 Å². The summed E-state index contributed by atoms with van der Waals surface area (Å²) < 4.78 is 5.23. The number of nitrogens with one attached hydrogen (secondary N) is 1. The molecule has 3 rings (SSSR count). The smallest absolute Gasteiger partial charge is 0.255 e. The van der Waals surface area contributed by atoms with E-state index >= 15 is 0 Å². The Labute approximate surface area is 142 Å². The van der Waals surface area contributed by atoms with Crippen LogP contribution in [-0.2, 0) is 6.54 Å². The summed E-state index contributed by atoms with van der Waals surface area (Å²) in [7, 11) is 1.56. The van der Waals surface area contributed by atoms with Crippen LogP contribution >= 0.6 is 22.7 Å². The van der Waals surface area contributed by atoms with E-state index in [1.54, 1.807) is 41.9 Å². The number of amides is 1. The van der Waals surface area contributed by atoms with Gasteiger partial charge in [-0.05, 0) is 30.5 Å². The summed E-state index contributed by atoms with van der Waals surface area (Å²) in [6, 6.07) is 11.3. The molecule has 23 heavy (non-hydrogen) atoms. The van der Waals surface area contributed by atoms with Crippen molar-refractivity contribution < 1.29 is 9.53 Å². The number of benzene rings is 1. The molecule has 4 nitrogen and oxygen atoms in total. The third kappa shape index (κ3) is 3.43. The fraction of sp³-hybridized carbons (Fsp3) is 0.176. The third-order valence-corrected chi connectivity index (χ3v) is 5.58. The van der Waals surface area contributed by atoms with Crippen LogP contribution in [0, 0.1) is 6.92 Å². The fourth-order valence-electron chi connectivity index (χ4n) is 2.19. The third-order valence-electron chi connectivity index (χ3n) is 3.39. The predicted molar refractivity (Wildman–Crippen MR) is 94.3 cm³/mol. The quantitative estimate of drug-likeness (QED) is 0.757. The number of carbonyl (C=O) groups excluding carboxylic acids is 1. The highest BCUT2D eigenvalue weighted by Crippen LogP contribution is 2.31. The van der Waals surface area contributed by atoms with Gasteiger partial charge in [-0.1, -0.05) is 18.2 Å². The lowest BCUT2D eigenvalue weighted by Crippen LogP contribution is -2.23. The Morgan fingerprint density at radius 1 is 1.26 bits per heavy atom. The number of hydrogen-bond donors (Lipinski definition) is 1. The number of hydrogen-bond acceptors (Lipinski definition) is 5. The molecule has 0 saturated heterocycles. The summed E-state index contributed by atoms with van der Waals surface area (Å²) in [5.74, 6) is 0.429. The van der Waals surface area contributed by atoms with Gasteiger partial charge < -0.3 is 10.1 Å². The van der Waals surface area contributed by atoms with Crippen molar-refractivity contribution in [3.63, 3.8) is 0 Å². The van der Waals surface area contributed by atoms with Crippen LogP contribution in [0.15, 0.2) is 41.8 Å². The minimum atomic E-state index is -0.145. The molecule has 0 aliphatic rings. The second-order valence-corrected chi connectivity index (χ2v) is 6.92. The van der Waals surface area contributed by atoms with Crippen LogP contribution in [0.4, 0.5) is 0 Å². The Morgan fingerprint density at radius 3 is 2.83 bits per heavy atom. The average Bonchev–Trinajstić information content (AvgIpc) is 3.22. The summed E-state index contributed by atoms with van der Waals surface area (Å²) in [4.78, 5) is 19.1. The monoisotopic (exact) mass is 344 g/mol. The highest BCUT2D eigenvalue weighted by molar-refractivity contribution is 7.21. The van der Waals surface area contributed by atoms with E-state index in [2.05, 4.69) is 16.4 Å². The number of para-hydroxylation sites is 1. The molecule has 1 aromatic carbocycles. The summed E-state index contributed by atoms with van der Waals surface area (Å²) in [6.45, 7) is 2.43. The zero-order chi connectivity index (χ0) is 16.2. The molecule has 6 heteroatoms. The molecule has 2 aromatic heterocycles. The van der Waals surface area contributed by atoms with Crippen molar-refractivity contribution in [1.82, 2.24) is 10.3 Å². The largest absolute Gasteiger partial charge is 0.496 e. The normalized spacial score (nSPS) is 10.5. The van der Waals surface area contributed by atoms with Gasteiger partial charge in [0.2, 0.25) is 0 Å². The van der Waals surface area contributed by atoms with Gasteiger partial charge in [0, 0.05) is 4.88 Å². The molecule has 0 aliphatic heterocycles. The van der Waals surface area contributed by atoms with Crippen molar-refractivity contribution in [2.75, 3.05) is 7.11 Å². The van der Waals surface area contributed by atoms with Gasteiger partial charge in [-0.2, -0.15) is 0 Å². The van der Waals surface area contributed by atoms with Gasteiger partial charge in [-0.25, -0.2) is 4.98 Å². The van der Waals surface area contributed by atoms with Gasteiger partial charge in [0.05, 0.1) is 29.8 Å². The van der Waals surface area contributed by atoms with E-state index in [0.717, 1.165) is 20.5 Å². The lowest BCUT2D eigenvalue weighted by atomic mass is 10.2. The number of nitrogens with zero attached hydrogens (tertiary/aromatic N) is 1. The number of rotatable bonds is 5. The summed E-state index contributed by atoms with van der Waals surface area (Å²) in [6.07, 6.45) is 0. The number of thiazole rings is 1. The first-order valence-electron chi connectivity index (χ1n) is 7.10. The topological polar surface area (TPSA) is 51.2 Å². The van der Waals surface area contributed by atoms with Crippen molar-refractivity contribution in [2.45, 2.75) is 13.5 Å². The zero-order valence-electron chi connectivity index (χ0n) is 12.8. The molecule has 0 radical (unpaired) electrons. The first-order chi connectivity index (χ1) is 11.2. The summed E-state index contributed by atoms with van der Waals surface area (Å²) in [5, 5.41) is 5.98. The average molecular weight is 344 g/mol. The van der Waals surface area contributed by atoms with Crippen LogP contribution in [0.5, 0.6) is 5.75 Å². The molecule has 3 aromatic rings. The van der Waals surface area contributed by atoms with Crippen molar-refractivity contribution in [1.29, 1.82) is 0 Å². The summed E-state index contributed by atoms with van der Waals surface area (Å²) in [5.41, 5.74) is 1.49. The maximum Gasteiger partial charge on any atom is 0.255 e. The van der Waals surface area contributed by atoms with E-state index in [1.165, 1.54) is 0 Å². The number of thiophene rings is 1. The molecule has 0 aliphatic carbocycles. The van der Waals surface area contributed by atoms with E-state index in [4.69, 9.17) is 4.74 Å². The number of ether oxygens (including phenoxy) is 1. The molecule has 0 saturated carbocycles. The van der Waals surface area contributed by atoms with Gasteiger partial charge in [0.1, 0.15) is 10.8 Å². The number of carbonyl (C=O) groups is 1. The molecular formula is C17H16N2O2S2. The second kappa shape index (κ2) is 6.93. The van der Waals surface area contributed by atoms with Crippen LogP contribution in [0.2, 0.25) is 0 Å². The van der Waals surface area contributed by atoms with E-state index < -0.39 is 0 Å². The first kappa shape index (κ1) is 15.7.